The standard InChI is InChI=1S/C13H17N3O4S/c14-13-7-1-2-10(13)8-15(9-13)21(19,20)12-5-3-11(4-6-12)16(17)18/h3-6,10H,1-2,7-9,14H2. The maximum Gasteiger partial charge on any atom is 0.269 e. The van der Waals surface area contributed by atoms with Gasteiger partial charge in [-0.3, -0.25) is 10.1 Å². The Hall–Kier alpha value is -1.51. The van der Waals surface area contributed by atoms with Crippen molar-refractivity contribution in [2.24, 2.45) is 11.7 Å². The van der Waals surface area contributed by atoms with Gasteiger partial charge in [0, 0.05) is 30.8 Å². The molecule has 1 aliphatic carbocycles. The van der Waals surface area contributed by atoms with Crippen LogP contribution >= 0.6 is 0 Å². The van der Waals surface area contributed by atoms with Crippen LogP contribution in [-0.4, -0.2) is 36.3 Å². The summed E-state index contributed by atoms with van der Waals surface area (Å²) in [5.74, 6) is 0.213. The van der Waals surface area contributed by atoms with Crippen molar-refractivity contribution in [1.29, 1.82) is 0 Å². The van der Waals surface area contributed by atoms with Gasteiger partial charge < -0.3 is 5.73 Å². The smallest absolute Gasteiger partial charge is 0.269 e. The zero-order chi connectivity index (χ0) is 15.3. The first-order valence-electron chi connectivity index (χ1n) is 6.86. The maximum atomic E-state index is 12.6. The van der Waals surface area contributed by atoms with E-state index in [1.807, 2.05) is 0 Å². The normalized spacial score (nSPS) is 29.5. The second-order valence-electron chi connectivity index (χ2n) is 5.87. The second kappa shape index (κ2) is 4.75. The third kappa shape index (κ3) is 2.33. The van der Waals surface area contributed by atoms with E-state index >= 15 is 0 Å². The summed E-state index contributed by atoms with van der Waals surface area (Å²) in [6.07, 6.45) is 2.86. The van der Waals surface area contributed by atoms with Crippen LogP contribution in [-0.2, 0) is 10.0 Å². The molecule has 2 unspecified atom stereocenters. The first-order valence-corrected chi connectivity index (χ1v) is 8.30. The third-order valence-electron chi connectivity index (χ3n) is 4.59. The van der Waals surface area contributed by atoms with Crippen LogP contribution in [0.1, 0.15) is 19.3 Å². The number of nitrogens with two attached hydrogens (primary N) is 1. The summed E-state index contributed by atoms with van der Waals surface area (Å²) in [6, 6.07) is 4.99. The first-order chi connectivity index (χ1) is 9.83. The zero-order valence-corrected chi connectivity index (χ0v) is 12.3. The highest BCUT2D eigenvalue weighted by Crippen LogP contribution is 2.41. The van der Waals surface area contributed by atoms with Crippen LogP contribution in [0.3, 0.4) is 0 Å². The fraction of sp³-hybridized carbons (Fsp3) is 0.538. The van der Waals surface area contributed by atoms with Gasteiger partial charge in [0.25, 0.3) is 5.69 Å². The summed E-state index contributed by atoms with van der Waals surface area (Å²) < 4.78 is 26.6. The van der Waals surface area contributed by atoms with Crippen molar-refractivity contribution in [3.63, 3.8) is 0 Å². The van der Waals surface area contributed by atoms with Crippen molar-refractivity contribution in [2.75, 3.05) is 13.1 Å². The summed E-state index contributed by atoms with van der Waals surface area (Å²) in [4.78, 5) is 10.2. The molecule has 2 aliphatic rings. The van der Waals surface area contributed by atoms with E-state index in [0.717, 1.165) is 19.3 Å². The van der Waals surface area contributed by atoms with Gasteiger partial charge in [0.15, 0.2) is 0 Å². The third-order valence-corrected chi connectivity index (χ3v) is 6.41. The summed E-state index contributed by atoms with van der Waals surface area (Å²) in [6.45, 7) is 0.771. The molecule has 1 aliphatic heterocycles. The predicted molar refractivity (Wildman–Crippen MR) is 76.1 cm³/mol. The van der Waals surface area contributed by atoms with Crippen LogP contribution in [0.2, 0.25) is 0 Å². The quantitative estimate of drug-likeness (QED) is 0.664. The zero-order valence-electron chi connectivity index (χ0n) is 11.4. The molecule has 2 N–H and O–H groups in total. The molecular formula is C13H17N3O4S. The van der Waals surface area contributed by atoms with E-state index in [-0.39, 0.29) is 16.5 Å². The first kappa shape index (κ1) is 14.4. The van der Waals surface area contributed by atoms with Crippen LogP contribution in [0.25, 0.3) is 0 Å². The van der Waals surface area contributed by atoms with Crippen molar-refractivity contribution < 1.29 is 13.3 Å². The lowest BCUT2D eigenvalue weighted by Gasteiger charge is -2.23. The SMILES string of the molecule is NC12CCCC1CN(S(=O)(=O)c1ccc([N+](=O)[O-])cc1)C2. The average Bonchev–Trinajstić information content (AvgIpc) is 2.94. The van der Waals surface area contributed by atoms with E-state index in [0.29, 0.717) is 13.1 Å². The summed E-state index contributed by atoms with van der Waals surface area (Å²) in [5.41, 5.74) is 5.77. The van der Waals surface area contributed by atoms with Crippen LogP contribution < -0.4 is 5.73 Å². The lowest BCUT2D eigenvalue weighted by atomic mass is 9.92. The predicted octanol–water partition coefficient (Wildman–Crippen LogP) is 1.10. The van der Waals surface area contributed by atoms with Crippen LogP contribution in [0.15, 0.2) is 29.2 Å². The molecular weight excluding hydrogens is 294 g/mol. The Kier molecular flexibility index (Phi) is 3.27. The molecule has 0 radical (unpaired) electrons. The van der Waals surface area contributed by atoms with Crippen LogP contribution in [0.5, 0.6) is 0 Å². The number of hydrogen-bond acceptors (Lipinski definition) is 5. The van der Waals surface area contributed by atoms with E-state index in [2.05, 4.69) is 0 Å². The van der Waals surface area contributed by atoms with Gasteiger partial charge in [0.2, 0.25) is 10.0 Å². The van der Waals surface area contributed by atoms with Gasteiger partial charge in [-0.2, -0.15) is 4.31 Å². The lowest BCUT2D eigenvalue weighted by molar-refractivity contribution is -0.384. The fourth-order valence-corrected chi connectivity index (χ4v) is 4.93. The van der Waals surface area contributed by atoms with E-state index in [1.54, 1.807) is 0 Å². The Morgan fingerprint density at radius 3 is 2.57 bits per heavy atom. The molecule has 1 aromatic rings. The number of hydrogen-bond donors (Lipinski definition) is 1. The molecule has 2 atom stereocenters. The number of benzene rings is 1. The number of sulfonamides is 1. The minimum absolute atomic E-state index is 0.0803. The molecule has 114 valence electrons. The van der Waals surface area contributed by atoms with E-state index in [9.17, 15) is 18.5 Å². The van der Waals surface area contributed by atoms with Crippen molar-refractivity contribution in [1.82, 2.24) is 4.31 Å². The number of nitrogens with zero attached hydrogens (tertiary/aromatic N) is 2. The highest BCUT2D eigenvalue weighted by atomic mass is 32.2. The summed E-state index contributed by atoms with van der Waals surface area (Å²) in [7, 11) is -3.63. The van der Waals surface area contributed by atoms with Crippen molar-refractivity contribution >= 4 is 15.7 Å². The highest BCUT2D eigenvalue weighted by molar-refractivity contribution is 7.89. The molecule has 7 nitrogen and oxygen atoms in total. The Bertz CT molecular complexity index is 673. The van der Waals surface area contributed by atoms with Gasteiger partial charge in [-0.15, -0.1) is 0 Å². The van der Waals surface area contributed by atoms with E-state index in [4.69, 9.17) is 5.73 Å². The molecule has 1 aromatic carbocycles. The van der Waals surface area contributed by atoms with Gasteiger partial charge >= 0.3 is 0 Å². The minimum atomic E-state index is -3.63. The second-order valence-corrected chi connectivity index (χ2v) is 7.81. The molecule has 0 bridgehead atoms. The monoisotopic (exact) mass is 311 g/mol. The Labute approximate surface area is 122 Å². The molecule has 2 fully saturated rings. The Balaban J connectivity index is 1.86. The van der Waals surface area contributed by atoms with Gasteiger partial charge in [-0.1, -0.05) is 6.42 Å². The highest BCUT2D eigenvalue weighted by Gasteiger charge is 2.50. The number of nitro benzene ring substituents is 1. The van der Waals surface area contributed by atoms with Gasteiger partial charge in [0.1, 0.15) is 0 Å². The Morgan fingerprint density at radius 2 is 2.00 bits per heavy atom. The van der Waals surface area contributed by atoms with E-state index < -0.39 is 20.5 Å². The molecule has 1 saturated heterocycles. The summed E-state index contributed by atoms with van der Waals surface area (Å²) in [5, 5.41) is 10.6. The molecule has 0 amide bonds. The topological polar surface area (TPSA) is 107 Å². The number of rotatable bonds is 3. The molecule has 0 aromatic heterocycles. The van der Waals surface area contributed by atoms with Crippen molar-refractivity contribution in [2.45, 2.75) is 29.7 Å². The minimum Gasteiger partial charge on any atom is -0.324 e. The number of fused-ring (bicyclic) bond motifs is 1. The van der Waals surface area contributed by atoms with E-state index in [1.165, 1.54) is 28.6 Å². The number of non-ortho nitro benzene ring substituents is 1. The lowest BCUT2D eigenvalue weighted by Crippen LogP contribution is -2.44. The molecule has 21 heavy (non-hydrogen) atoms. The molecule has 3 rings (SSSR count). The molecule has 1 saturated carbocycles. The largest absolute Gasteiger partial charge is 0.324 e. The number of nitro groups is 1. The van der Waals surface area contributed by atoms with Gasteiger partial charge in [0.05, 0.1) is 9.82 Å². The van der Waals surface area contributed by atoms with Gasteiger partial charge in [-0.05, 0) is 30.9 Å². The molecule has 0 spiro atoms. The molecule has 1 heterocycles. The Morgan fingerprint density at radius 1 is 1.33 bits per heavy atom. The average molecular weight is 311 g/mol. The fourth-order valence-electron chi connectivity index (χ4n) is 3.36. The van der Waals surface area contributed by atoms with Crippen LogP contribution in [0, 0.1) is 16.0 Å². The van der Waals surface area contributed by atoms with Crippen LogP contribution in [0.4, 0.5) is 5.69 Å². The van der Waals surface area contributed by atoms with Gasteiger partial charge in [-0.25, -0.2) is 8.42 Å². The maximum absolute atomic E-state index is 12.6. The van der Waals surface area contributed by atoms with Crippen molar-refractivity contribution in [3.8, 4) is 0 Å². The summed E-state index contributed by atoms with van der Waals surface area (Å²) >= 11 is 0. The van der Waals surface area contributed by atoms with Crippen molar-refractivity contribution in [3.05, 3.63) is 34.4 Å². The molecule has 8 heteroatoms.